The van der Waals surface area contributed by atoms with Gasteiger partial charge in [-0.1, -0.05) is 0 Å². The van der Waals surface area contributed by atoms with Crippen LogP contribution in [0.3, 0.4) is 0 Å². The highest BCUT2D eigenvalue weighted by Gasteiger charge is 2.25. The predicted octanol–water partition coefficient (Wildman–Crippen LogP) is 1.65. The Morgan fingerprint density at radius 1 is 1.24 bits per heavy atom. The molecule has 6 nitrogen and oxygen atoms in total. The lowest BCUT2D eigenvalue weighted by Crippen LogP contribution is -2.49. The molecular formula is C15H18N4O2. The van der Waals surface area contributed by atoms with E-state index in [0.29, 0.717) is 18.8 Å². The topological polar surface area (TPSA) is 62.5 Å². The minimum atomic E-state index is -0.0494. The molecule has 0 radical (unpaired) electrons. The van der Waals surface area contributed by atoms with Gasteiger partial charge >= 0.3 is 0 Å². The van der Waals surface area contributed by atoms with Crippen LogP contribution in [0.15, 0.2) is 29.0 Å². The van der Waals surface area contributed by atoms with Crippen LogP contribution in [0.25, 0.3) is 0 Å². The molecule has 6 heteroatoms. The molecule has 0 aromatic carbocycles. The smallest absolute Gasteiger partial charge is 0.289 e. The van der Waals surface area contributed by atoms with Crippen molar-refractivity contribution in [1.82, 2.24) is 14.9 Å². The molecule has 0 spiro atoms. The fourth-order valence-corrected chi connectivity index (χ4v) is 2.50. The summed E-state index contributed by atoms with van der Waals surface area (Å²) >= 11 is 0. The van der Waals surface area contributed by atoms with Gasteiger partial charge < -0.3 is 14.2 Å². The minimum absolute atomic E-state index is 0.0494. The van der Waals surface area contributed by atoms with Crippen LogP contribution in [0.4, 0.5) is 5.82 Å². The quantitative estimate of drug-likeness (QED) is 0.840. The molecule has 0 saturated carbocycles. The summed E-state index contributed by atoms with van der Waals surface area (Å²) in [6.45, 7) is 6.73. The lowest BCUT2D eigenvalue weighted by molar-refractivity contribution is 0.0714. The zero-order valence-electron chi connectivity index (χ0n) is 12.2. The third-order valence-electron chi connectivity index (χ3n) is 3.65. The predicted molar refractivity (Wildman–Crippen MR) is 78.3 cm³/mol. The number of nitrogens with zero attached hydrogens (tertiary/aromatic N) is 4. The number of hydrogen-bond acceptors (Lipinski definition) is 5. The van der Waals surface area contributed by atoms with Crippen LogP contribution >= 0.6 is 0 Å². The molecule has 2 aromatic rings. The van der Waals surface area contributed by atoms with Gasteiger partial charge in [-0.15, -0.1) is 0 Å². The van der Waals surface area contributed by atoms with E-state index in [9.17, 15) is 4.79 Å². The van der Waals surface area contributed by atoms with Crippen LogP contribution in [-0.2, 0) is 0 Å². The van der Waals surface area contributed by atoms with Crippen LogP contribution in [0, 0.1) is 13.8 Å². The Labute approximate surface area is 123 Å². The number of aromatic nitrogens is 2. The Morgan fingerprint density at radius 2 is 2.00 bits per heavy atom. The molecule has 0 N–H and O–H groups in total. The first kappa shape index (κ1) is 13.6. The minimum Gasteiger partial charge on any atom is -0.459 e. The van der Waals surface area contributed by atoms with Gasteiger partial charge in [0.2, 0.25) is 0 Å². The molecule has 110 valence electrons. The third kappa shape index (κ3) is 2.74. The van der Waals surface area contributed by atoms with Crippen molar-refractivity contribution in [3.63, 3.8) is 0 Å². The Hall–Kier alpha value is -2.37. The van der Waals surface area contributed by atoms with Gasteiger partial charge in [-0.3, -0.25) is 9.78 Å². The van der Waals surface area contributed by atoms with E-state index in [2.05, 4.69) is 14.9 Å². The van der Waals surface area contributed by atoms with Crippen LogP contribution in [-0.4, -0.2) is 47.0 Å². The first-order valence-electron chi connectivity index (χ1n) is 7.03. The summed E-state index contributed by atoms with van der Waals surface area (Å²) < 4.78 is 5.17. The standard InChI is InChI=1S/C15H18N4O2/c1-11-10-16-12(2)14(17-11)18-5-7-19(8-6-18)15(20)13-4-3-9-21-13/h3-4,9-10H,5-8H2,1-2H3. The van der Waals surface area contributed by atoms with E-state index in [0.717, 1.165) is 30.3 Å². The van der Waals surface area contributed by atoms with E-state index in [1.54, 1.807) is 18.3 Å². The van der Waals surface area contributed by atoms with E-state index >= 15 is 0 Å². The molecule has 3 heterocycles. The summed E-state index contributed by atoms with van der Waals surface area (Å²) in [5.41, 5.74) is 1.83. The number of furan rings is 1. The molecule has 1 aliphatic heterocycles. The molecule has 0 bridgehead atoms. The Morgan fingerprint density at radius 3 is 2.67 bits per heavy atom. The molecule has 0 aliphatic carbocycles. The van der Waals surface area contributed by atoms with E-state index in [4.69, 9.17) is 4.42 Å². The van der Waals surface area contributed by atoms with Crippen LogP contribution in [0.5, 0.6) is 0 Å². The van der Waals surface area contributed by atoms with Gasteiger partial charge in [-0.05, 0) is 26.0 Å². The maximum absolute atomic E-state index is 12.2. The van der Waals surface area contributed by atoms with Crippen molar-refractivity contribution >= 4 is 11.7 Å². The van der Waals surface area contributed by atoms with Crippen molar-refractivity contribution in [3.8, 4) is 0 Å². The largest absolute Gasteiger partial charge is 0.459 e. The van der Waals surface area contributed by atoms with Gasteiger partial charge in [0.1, 0.15) is 5.82 Å². The molecule has 2 aromatic heterocycles. The van der Waals surface area contributed by atoms with Crippen LogP contribution in [0.2, 0.25) is 0 Å². The van der Waals surface area contributed by atoms with Crippen molar-refractivity contribution in [3.05, 3.63) is 41.7 Å². The third-order valence-corrected chi connectivity index (χ3v) is 3.65. The van der Waals surface area contributed by atoms with Crippen LogP contribution in [0.1, 0.15) is 21.9 Å². The van der Waals surface area contributed by atoms with Crippen molar-refractivity contribution in [2.75, 3.05) is 31.1 Å². The van der Waals surface area contributed by atoms with E-state index in [1.165, 1.54) is 6.26 Å². The highest BCUT2D eigenvalue weighted by Crippen LogP contribution is 2.18. The Balaban J connectivity index is 1.68. The average Bonchev–Trinajstić information content (AvgIpc) is 3.03. The zero-order chi connectivity index (χ0) is 14.8. The molecule has 0 unspecified atom stereocenters. The van der Waals surface area contributed by atoms with E-state index < -0.39 is 0 Å². The molecule has 1 amide bonds. The van der Waals surface area contributed by atoms with Gasteiger partial charge in [0.15, 0.2) is 5.76 Å². The lowest BCUT2D eigenvalue weighted by atomic mass is 10.2. The van der Waals surface area contributed by atoms with Gasteiger partial charge in [-0.25, -0.2) is 4.98 Å². The summed E-state index contributed by atoms with van der Waals surface area (Å²) in [5, 5.41) is 0. The lowest BCUT2D eigenvalue weighted by Gasteiger charge is -2.35. The molecule has 0 atom stereocenters. The summed E-state index contributed by atoms with van der Waals surface area (Å²) in [7, 11) is 0. The summed E-state index contributed by atoms with van der Waals surface area (Å²) in [5.74, 6) is 1.27. The molecule has 1 fully saturated rings. The van der Waals surface area contributed by atoms with Crippen molar-refractivity contribution in [2.24, 2.45) is 0 Å². The molecule has 1 aliphatic rings. The second kappa shape index (κ2) is 5.55. The van der Waals surface area contributed by atoms with Gasteiger partial charge in [0.25, 0.3) is 5.91 Å². The van der Waals surface area contributed by atoms with Crippen molar-refractivity contribution < 1.29 is 9.21 Å². The molecule has 1 saturated heterocycles. The highest BCUT2D eigenvalue weighted by molar-refractivity contribution is 5.91. The Bertz CT molecular complexity index is 631. The number of hydrogen-bond donors (Lipinski definition) is 0. The number of anilines is 1. The second-order valence-electron chi connectivity index (χ2n) is 5.18. The monoisotopic (exact) mass is 286 g/mol. The van der Waals surface area contributed by atoms with Crippen molar-refractivity contribution in [2.45, 2.75) is 13.8 Å². The van der Waals surface area contributed by atoms with Crippen molar-refractivity contribution in [1.29, 1.82) is 0 Å². The number of carbonyl (C=O) groups is 1. The number of piperazine rings is 1. The molecule has 21 heavy (non-hydrogen) atoms. The van der Waals surface area contributed by atoms with Gasteiger partial charge in [0.05, 0.1) is 17.7 Å². The molecule has 3 rings (SSSR count). The second-order valence-corrected chi connectivity index (χ2v) is 5.18. The number of aryl methyl sites for hydroxylation is 2. The average molecular weight is 286 g/mol. The summed E-state index contributed by atoms with van der Waals surface area (Å²) in [6.07, 6.45) is 3.30. The maximum Gasteiger partial charge on any atom is 0.289 e. The van der Waals surface area contributed by atoms with Crippen LogP contribution < -0.4 is 4.90 Å². The fraction of sp³-hybridized carbons (Fsp3) is 0.400. The summed E-state index contributed by atoms with van der Waals surface area (Å²) in [6, 6.07) is 3.43. The Kier molecular flexibility index (Phi) is 3.60. The summed E-state index contributed by atoms with van der Waals surface area (Å²) in [4.78, 5) is 25.1. The molecular weight excluding hydrogens is 268 g/mol. The van der Waals surface area contributed by atoms with Gasteiger partial charge in [-0.2, -0.15) is 0 Å². The maximum atomic E-state index is 12.2. The first-order valence-corrected chi connectivity index (χ1v) is 7.03. The van der Waals surface area contributed by atoms with E-state index in [1.807, 2.05) is 18.7 Å². The van der Waals surface area contributed by atoms with E-state index in [-0.39, 0.29) is 5.91 Å². The number of rotatable bonds is 2. The highest BCUT2D eigenvalue weighted by atomic mass is 16.3. The first-order chi connectivity index (χ1) is 10.1. The normalized spacial score (nSPS) is 15.3. The SMILES string of the molecule is Cc1cnc(C)c(N2CCN(C(=O)c3ccco3)CC2)n1. The number of amides is 1. The fourth-order valence-electron chi connectivity index (χ4n) is 2.50. The van der Waals surface area contributed by atoms with Gasteiger partial charge in [0, 0.05) is 32.4 Å². The zero-order valence-corrected chi connectivity index (χ0v) is 12.2. The number of carbonyl (C=O) groups excluding carboxylic acids is 1.